The number of para-hydroxylation sites is 2. The van der Waals surface area contributed by atoms with Gasteiger partial charge in [-0.1, -0.05) is 73.8 Å². The summed E-state index contributed by atoms with van der Waals surface area (Å²) >= 11 is 0. The zero-order chi connectivity index (χ0) is 23.1. The topological polar surface area (TPSA) is 35.6 Å². The summed E-state index contributed by atoms with van der Waals surface area (Å²) < 4.78 is 4.10. The fourth-order valence-electron chi connectivity index (χ4n) is 4.47. The zero-order valence-corrected chi connectivity index (χ0v) is 18.6. The Morgan fingerprint density at radius 1 is 0.647 bits per heavy atom. The minimum absolute atomic E-state index is 0.913. The maximum atomic E-state index is 4.71. The van der Waals surface area contributed by atoms with E-state index in [1.54, 1.807) is 6.20 Å². The van der Waals surface area contributed by atoms with Gasteiger partial charge in [-0.15, -0.1) is 0 Å². The molecule has 0 amide bonds. The number of nitrogens with zero attached hydrogens (tertiary/aromatic N) is 4. The molecule has 162 valence electrons. The molecule has 0 radical (unpaired) electrons. The van der Waals surface area contributed by atoms with Gasteiger partial charge < -0.3 is 4.57 Å². The third-order valence-electron chi connectivity index (χ3n) is 6.19. The molecule has 0 saturated heterocycles. The Hall–Kier alpha value is -4.70. The third kappa shape index (κ3) is 3.24. The van der Waals surface area contributed by atoms with Crippen molar-refractivity contribution in [3.63, 3.8) is 0 Å². The monoisotopic (exact) mass is 438 g/mol. The summed E-state index contributed by atoms with van der Waals surface area (Å²) in [6.45, 7) is 8.33. The van der Waals surface area contributed by atoms with Crippen molar-refractivity contribution in [3.8, 4) is 0 Å². The van der Waals surface area contributed by atoms with Crippen molar-refractivity contribution in [2.45, 2.75) is 0 Å². The van der Waals surface area contributed by atoms with E-state index < -0.39 is 0 Å². The highest BCUT2D eigenvalue weighted by molar-refractivity contribution is 5.91. The van der Waals surface area contributed by atoms with Crippen LogP contribution in [0.25, 0.3) is 46.7 Å². The molecule has 0 spiro atoms. The van der Waals surface area contributed by atoms with Gasteiger partial charge >= 0.3 is 0 Å². The van der Waals surface area contributed by atoms with Crippen LogP contribution in [-0.4, -0.2) is 19.1 Å². The number of imidazole rings is 2. The van der Waals surface area contributed by atoms with Gasteiger partial charge in [-0.05, 0) is 46.5 Å². The molecule has 0 fully saturated rings. The summed E-state index contributed by atoms with van der Waals surface area (Å²) in [7, 11) is 0. The Morgan fingerprint density at radius 3 is 2.03 bits per heavy atom. The van der Waals surface area contributed by atoms with E-state index in [0.717, 1.165) is 45.0 Å². The quantitative estimate of drug-likeness (QED) is 0.257. The second-order valence-electron chi connectivity index (χ2n) is 8.22. The summed E-state index contributed by atoms with van der Waals surface area (Å²) in [4.78, 5) is 9.01. The lowest BCUT2D eigenvalue weighted by Gasteiger charge is -2.05. The largest absolute Gasteiger partial charge is 0.307 e. The van der Waals surface area contributed by atoms with Crippen LogP contribution >= 0.6 is 0 Å². The van der Waals surface area contributed by atoms with Crippen molar-refractivity contribution in [2.75, 3.05) is 0 Å². The van der Waals surface area contributed by atoms with E-state index in [-0.39, 0.29) is 0 Å². The molecule has 7 rings (SSSR count). The lowest BCUT2D eigenvalue weighted by atomic mass is 10.0. The highest BCUT2D eigenvalue weighted by Crippen LogP contribution is 2.31. The van der Waals surface area contributed by atoms with Crippen LogP contribution < -0.4 is 0 Å². The Bertz CT molecular complexity index is 1640. The van der Waals surface area contributed by atoms with Gasteiger partial charge in [-0.2, -0.15) is 0 Å². The van der Waals surface area contributed by atoms with Crippen LogP contribution in [0.2, 0.25) is 0 Å². The van der Waals surface area contributed by atoms with E-state index in [0.29, 0.717) is 0 Å². The Kier molecular flexibility index (Phi) is 4.70. The van der Waals surface area contributed by atoms with Gasteiger partial charge in [0.25, 0.3) is 0 Å². The highest BCUT2D eigenvalue weighted by Gasteiger charge is 2.17. The molecule has 2 aromatic heterocycles. The van der Waals surface area contributed by atoms with E-state index in [1.165, 1.54) is 11.1 Å². The maximum Gasteiger partial charge on any atom is 0.145 e. The van der Waals surface area contributed by atoms with Crippen molar-refractivity contribution >= 4 is 46.7 Å². The van der Waals surface area contributed by atoms with Crippen LogP contribution in [-0.2, 0) is 0 Å². The van der Waals surface area contributed by atoms with Gasteiger partial charge in [0.15, 0.2) is 0 Å². The molecule has 4 heteroatoms. The van der Waals surface area contributed by atoms with Crippen LogP contribution in [0.1, 0.15) is 33.9 Å². The van der Waals surface area contributed by atoms with Gasteiger partial charge in [-0.3, -0.25) is 4.57 Å². The lowest BCUT2D eigenvalue weighted by Crippen LogP contribution is -1.94. The maximum absolute atomic E-state index is 4.71. The van der Waals surface area contributed by atoms with E-state index in [9.17, 15) is 0 Å². The van der Waals surface area contributed by atoms with Crippen LogP contribution in [0.5, 0.6) is 0 Å². The first-order valence-electron chi connectivity index (χ1n) is 11.1. The minimum Gasteiger partial charge on any atom is -0.307 e. The number of aromatic nitrogens is 4. The number of fused-ring (bicyclic) bond motifs is 6. The normalized spacial score (nSPS) is 13.2. The molecule has 3 aromatic carbocycles. The number of hydrogen-bond donors (Lipinski definition) is 0. The first-order chi connectivity index (χ1) is 16.7. The van der Waals surface area contributed by atoms with Crippen LogP contribution in [0.3, 0.4) is 0 Å². The van der Waals surface area contributed by atoms with E-state index in [2.05, 4.69) is 71.4 Å². The summed E-state index contributed by atoms with van der Waals surface area (Å²) in [6, 6.07) is 24.7. The predicted molar refractivity (Wildman–Crippen MR) is 142 cm³/mol. The van der Waals surface area contributed by atoms with Gasteiger partial charge in [0.2, 0.25) is 0 Å². The fraction of sp³-hybridized carbons (Fsp3) is 0. The van der Waals surface area contributed by atoms with Crippen LogP contribution in [0.4, 0.5) is 0 Å². The summed E-state index contributed by atoms with van der Waals surface area (Å²) in [6.07, 6.45) is 12.0. The average Bonchev–Trinajstić information content (AvgIpc) is 3.44. The minimum atomic E-state index is 0.913. The highest BCUT2D eigenvalue weighted by atomic mass is 15.1. The fourth-order valence-corrected chi connectivity index (χ4v) is 4.47. The molecule has 2 aliphatic heterocycles. The molecule has 4 nitrogen and oxygen atoms in total. The predicted octanol–water partition coefficient (Wildman–Crippen LogP) is 6.93. The Balaban J connectivity index is 0.000000132. The van der Waals surface area contributed by atoms with Crippen molar-refractivity contribution < 1.29 is 0 Å². The van der Waals surface area contributed by atoms with Gasteiger partial charge in [0.05, 0.1) is 11.0 Å². The van der Waals surface area contributed by atoms with E-state index in [4.69, 9.17) is 4.98 Å². The average molecular weight is 439 g/mol. The summed E-state index contributed by atoms with van der Waals surface area (Å²) in [5.74, 6) is 1.83. The van der Waals surface area contributed by atoms with Crippen molar-refractivity contribution in [3.05, 3.63) is 132 Å². The first-order valence-corrected chi connectivity index (χ1v) is 11.1. The van der Waals surface area contributed by atoms with Crippen LogP contribution in [0.15, 0.2) is 98.3 Å². The van der Waals surface area contributed by atoms with Crippen LogP contribution in [0, 0.1) is 0 Å². The second-order valence-corrected chi connectivity index (χ2v) is 8.22. The van der Waals surface area contributed by atoms with Crippen molar-refractivity contribution in [1.82, 2.24) is 19.1 Å². The SMILES string of the molecule is C=C1c2ccccc2C=Cn2c1nc1ccccc12.C=C1c2ccccc2C=Cn2ccnc21. The molecule has 0 aliphatic carbocycles. The second kappa shape index (κ2) is 8.01. The molecule has 4 heterocycles. The number of hydrogen-bond acceptors (Lipinski definition) is 2. The molecular weight excluding hydrogens is 416 g/mol. The number of benzene rings is 3. The third-order valence-corrected chi connectivity index (χ3v) is 6.19. The molecular formula is C30H22N4. The smallest absolute Gasteiger partial charge is 0.145 e. The molecule has 2 aliphatic rings. The molecule has 0 atom stereocenters. The van der Waals surface area contributed by atoms with Gasteiger partial charge in [-0.25, -0.2) is 9.97 Å². The standard InChI is InChI=1S/C17H12N2.C13H10N2/c1-12-14-7-3-2-6-13(14)10-11-19-16-9-5-4-8-15(16)18-17(12)19;1-10-12-5-3-2-4-11(12)6-8-15-9-7-14-13(10)15/h2-11H,1H2;2-9H,1H2. The molecule has 5 aromatic rings. The molecule has 0 saturated carbocycles. The lowest BCUT2D eigenvalue weighted by molar-refractivity contribution is 1.10. The molecule has 0 bridgehead atoms. The molecule has 34 heavy (non-hydrogen) atoms. The van der Waals surface area contributed by atoms with Crippen molar-refractivity contribution in [2.24, 2.45) is 0 Å². The van der Waals surface area contributed by atoms with Gasteiger partial charge in [0, 0.05) is 35.9 Å². The van der Waals surface area contributed by atoms with E-state index >= 15 is 0 Å². The Labute approximate surface area is 198 Å². The van der Waals surface area contributed by atoms with E-state index in [1.807, 2.05) is 59.4 Å². The summed E-state index contributed by atoms with van der Waals surface area (Å²) in [5.41, 5.74) is 8.73. The first kappa shape index (κ1) is 19.9. The summed E-state index contributed by atoms with van der Waals surface area (Å²) in [5, 5.41) is 0. The zero-order valence-electron chi connectivity index (χ0n) is 18.6. The number of rotatable bonds is 0. The van der Waals surface area contributed by atoms with Crippen molar-refractivity contribution in [1.29, 1.82) is 0 Å². The molecule has 0 unspecified atom stereocenters. The molecule has 0 N–H and O–H groups in total. The van der Waals surface area contributed by atoms with Gasteiger partial charge in [0.1, 0.15) is 11.6 Å². The Morgan fingerprint density at radius 2 is 1.26 bits per heavy atom.